The van der Waals surface area contributed by atoms with Crippen molar-refractivity contribution >= 4 is 12.2 Å². The van der Waals surface area contributed by atoms with Crippen LogP contribution in [0.15, 0.2) is 12.1 Å². The molecule has 1 rings (SSSR count). The maximum Gasteiger partial charge on any atom is 0.314 e. The molecule has 0 N–H and O–H groups in total. The van der Waals surface area contributed by atoms with Crippen molar-refractivity contribution in [1.82, 2.24) is 0 Å². The molecule has 0 saturated heterocycles. The summed E-state index contributed by atoms with van der Waals surface area (Å²) in [5.74, 6) is -0.946. The van der Waals surface area contributed by atoms with Gasteiger partial charge in [-0.1, -0.05) is 20.8 Å². The molecule has 6 heteroatoms. The van der Waals surface area contributed by atoms with Gasteiger partial charge in [-0.2, -0.15) is 0 Å². The lowest BCUT2D eigenvalue weighted by Gasteiger charge is -2.21. The Labute approximate surface area is 97.3 Å². The molecule has 0 amide bonds. The smallest absolute Gasteiger partial charge is 0.314 e. The van der Waals surface area contributed by atoms with Crippen molar-refractivity contribution in [1.29, 1.82) is 0 Å². The zero-order valence-corrected chi connectivity index (χ0v) is 9.69. The summed E-state index contributed by atoms with van der Waals surface area (Å²) < 4.78 is 17.9. The summed E-state index contributed by atoms with van der Waals surface area (Å²) in [6.07, 6.45) is 0. The molecule has 0 spiro atoms. The Morgan fingerprint density at radius 2 is 2.00 bits per heavy atom. The lowest BCUT2D eigenvalue weighted by atomic mass is 9.86. The van der Waals surface area contributed by atoms with Gasteiger partial charge in [-0.3, -0.25) is 14.9 Å². The highest BCUT2D eigenvalue weighted by Gasteiger charge is 2.28. The number of nitro groups is 1. The van der Waals surface area contributed by atoms with Crippen molar-refractivity contribution in [2.45, 2.75) is 26.2 Å². The van der Waals surface area contributed by atoms with Gasteiger partial charge in [0.2, 0.25) is 5.75 Å². The van der Waals surface area contributed by atoms with Crippen LogP contribution in [0.2, 0.25) is 0 Å². The molecule has 0 aromatic heterocycles. The highest BCUT2D eigenvalue weighted by Crippen LogP contribution is 2.38. The fourth-order valence-corrected chi connectivity index (χ4v) is 1.44. The second-order valence-electron chi connectivity index (χ2n) is 4.52. The van der Waals surface area contributed by atoms with E-state index in [0.29, 0.717) is 0 Å². The molecular weight excluding hydrogens is 229 g/mol. The number of hydrogen-bond donors (Lipinski definition) is 0. The number of benzene rings is 1. The average Bonchev–Trinajstić information content (AvgIpc) is 2.18. The van der Waals surface area contributed by atoms with Crippen LogP contribution in [-0.4, -0.2) is 11.4 Å². The number of ether oxygens (including phenoxy) is 1. The van der Waals surface area contributed by atoms with Crippen molar-refractivity contribution in [3.8, 4) is 5.75 Å². The van der Waals surface area contributed by atoms with Crippen LogP contribution in [0.1, 0.15) is 26.3 Å². The molecule has 0 aliphatic rings. The third-order valence-electron chi connectivity index (χ3n) is 2.20. The molecule has 0 unspecified atom stereocenters. The van der Waals surface area contributed by atoms with Gasteiger partial charge >= 0.3 is 5.69 Å². The van der Waals surface area contributed by atoms with Crippen LogP contribution in [0.25, 0.3) is 0 Å². The van der Waals surface area contributed by atoms with Crippen LogP contribution in [-0.2, 0) is 10.2 Å². The molecular formula is C11H12FNO4. The molecule has 0 atom stereocenters. The molecule has 0 radical (unpaired) electrons. The average molecular weight is 241 g/mol. The topological polar surface area (TPSA) is 69.4 Å². The minimum Gasteiger partial charge on any atom is -0.421 e. The predicted molar refractivity (Wildman–Crippen MR) is 58.4 cm³/mol. The normalized spacial score (nSPS) is 11.1. The zero-order chi connectivity index (χ0) is 13.2. The van der Waals surface area contributed by atoms with E-state index in [9.17, 15) is 19.3 Å². The Balaban J connectivity index is 3.57. The molecule has 0 bridgehead atoms. The van der Waals surface area contributed by atoms with Gasteiger partial charge in [0.1, 0.15) is 5.82 Å². The van der Waals surface area contributed by atoms with E-state index in [-0.39, 0.29) is 17.8 Å². The molecule has 0 aliphatic heterocycles. The molecule has 1 aromatic carbocycles. The number of carbonyl (C=O) groups excluding carboxylic acids is 1. The Kier molecular flexibility index (Phi) is 3.45. The summed E-state index contributed by atoms with van der Waals surface area (Å²) in [4.78, 5) is 20.4. The van der Waals surface area contributed by atoms with E-state index in [1.54, 1.807) is 20.8 Å². The summed E-state index contributed by atoms with van der Waals surface area (Å²) in [6.45, 7) is 5.31. The van der Waals surface area contributed by atoms with Gasteiger partial charge in [-0.15, -0.1) is 0 Å². The molecule has 0 saturated carbocycles. The summed E-state index contributed by atoms with van der Waals surface area (Å²) in [6, 6.07) is 1.86. The fourth-order valence-electron chi connectivity index (χ4n) is 1.44. The minimum absolute atomic E-state index is 0.0927. The van der Waals surface area contributed by atoms with Crippen molar-refractivity contribution in [3.05, 3.63) is 33.6 Å². The predicted octanol–water partition coefficient (Wildman–Crippen LogP) is 2.57. The van der Waals surface area contributed by atoms with E-state index >= 15 is 0 Å². The van der Waals surface area contributed by atoms with Gasteiger partial charge in [0.05, 0.1) is 11.0 Å². The minimum atomic E-state index is -0.781. The molecule has 0 fully saturated rings. The summed E-state index contributed by atoms with van der Waals surface area (Å²) >= 11 is 0. The standard InChI is InChI=1S/C11H12FNO4/c1-11(2,3)8-4-7(12)5-9(13(15)16)10(8)17-6-14/h4-6H,1-3H3. The third-order valence-corrected chi connectivity index (χ3v) is 2.20. The second kappa shape index (κ2) is 4.48. The van der Waals surface area contributed by atoms with E-state index in [1.165, 1.54) is 0 Å². The quantitative estimate of drug-likeness (QED) is 0.463. The first-order valence-corrected chi connectivity index (χ1v) is 4.86. The number of halogens is 1. The van der Waals surface area contributed by atoms with Gasteiger partial charge in [-0.25, -0.2) is 4.39 Å². The Morgan fingerprint density at radius 1 is 1.41 bits per heavy atom. The first-order valence-electron chi connectivity index (χ1n) is 4.86. The Bertz CT molecular complexity index is 465. The highest BCUT2D eigenvalue weighted by molar-refractivity contribution is 5.60. The number of rotatable bonds is 3. The largest absolute Gasteiger partial charge is 0.421 e. The maximum absolute atomic E-state index is 13.3. The van der Waals surface area contributed by atoms with E-state index in [4.69, 9.17) is 0 Å². The van der Waals surface area contributed by atoms with Crippen LogP contribution in [0.5, 0.6) is 5.75 Å². The van der Waals surface area contributed by atoms with Crippen molar-refractivity contribution < 1.29 is 18.8 Å². The monoisotopic (exact) mass is 241 g/mol. The van der Waals surface area contributed by atoms with Crippen LogP contribution in [0.3, 0.4) is 0 Å². The SMILES string of the molecule is CC(C)(C)c1cc(F)cc([N+](=O)[O-])c1OC=O. The molecule has 1 aromatic rings. The lowest BCUT2D eigenvalue weighted by molar-refractivity contribution is -0.385. The summed E-state index contributed by atoms with van der Waals surface area (Å²) in [7, 11) is 0. The zero-order valence-electron chi connectivity index (χ0n) is 9.69. The Hall–Kier alpha value is -1.98. The van der Waals surface area contributed by atoms with E-state index in [1.807, 2.05) is 0 Å². The summed E-state index contributed by atoms with van der Waals surface area (Å²) in [5.41, 5.74) is -0.858. The summed E-state index contributed by atoms with van der Waals surface area (Å²) in [5, 5.41) is 10.8. The van der Waals surface area contributed by atoms with E-state index in [2.05, 4.69) is 4.74 Å². The number of hydrogen-bond acceptors (Lipinski definition) is 4. The third kappa shape index (κ3) is 2.77. The number of carbonyl (C=O) groups is 1. The highest BCUT2D eigenvalue weighted by atomic mass is 19.1. The van der Waals surface area contributed by atoms with Crippen molar-refractivity contribution in [3.63, 3.8) is 0 Å². The Morgan fingerprint density at radius 3 is 2.41 bits per heavy atom. The van der Waals surface area contributed by atoms with Gasteiger partial charge < -0.3 is 4.74 Å². The number of nitro benzene ring substituents is 1. The lowest BCUT2D eigenvalue weighted by Crippen LogP contribution is -2.15. The van der Waals surface area contributed by atoms with Crippen LogP contribution >= 0.6 is 0 Å². The van der Waals surface area contributed by atoms with E-state index in [0.717, 1.165) is 12.1 Å². The number of nitrogens with zero attached hydrogens (tertiary/aromatic N) is 1. The van der Waals surface area contributed by atoms with Gasteiger partial charge in [0.15, 0.2) is 0 Å². The van der Waals surface area contributed by atoms with Crippen molar-refractivity contribution in [2.75, 3.05) is 0 Å². The van der Waals surface area contributed by atoms with Crippen LogP contribution in [0, 0.1) is 15.9 Å². The molecule has 92 valence electrons. The van der Waals surface area contributed by atoms with Crippen LogP contribution in [0.4, 0.5) is 10.1 Å². The first kappa shape index (κ1) is 13.1. The van der Waals surface area contributed by atoms with Crippen molar-refractivity contribution in [2.24, 2.45) is 0 Å². The first-order chi connectivity index (χ1) is 7.77. The molecule has 0 heterocycles. The molecule has 5 nitrogen and oxygen atoms in total. The fraction of sp³-hybridized carbons (Fsp3) is 0.364. The second-order valence-corrected chi connectivity index (χ2v) is 4.52. The van der Waals surface area contributed by atoms with E-state index < -0.39 is 21.8 Å². The van der Waals surface area contributed by atoms with Gasteiger partial charge in [-0.05, 0) is 11.5 Å². The molecule has 17 heavy (non-hydrogen) atoms. The van der Waals surface area contributed by atoms with Crippen LogP contribution < -0.4 is 4.74 Å². The molecule has 0 aliphatic carbocycles. The van der Waals surface area contributed by atoms with Gasteiger partial charge in [0.25, 0.3) is 6.47 Å². The van der Waals surface area contributed by atoms with Gasteiger partial charge in [0, 0.05) is 5.56 Å². The maximum atomic E-state index is 13.3.